The number of carbonyl (C=O) groups is 1. The predicted octanol–water partition coefficient (Wildman–Crippen LogP) is 0.585. The fourth-order valence-corrected chi connectivity index (χ4v) is 2.07. The summed E-state index contributed by atoms with van der Waals surface area (Å²) >= 11 is 0. The van der Waals surface area contributed by atoms with Crippen molar-refractivity contribution in [2.45, 2.75) is 39.1 Å². The molecule has 0 saturated carbocycles. The van der Waals surface area contributed by atoms with Gasteiger partial charge in [0.2, 0.25) is 0 Å². The van der Waals surface area contributed by atoms with Crippen LogP contribution in [-0.4, -0.2) is 60.5 Å². The molecule has 0 spiro atoms. The lowest BCUT2D eigenvalue weighted by molar-refractivity contribution is -0.153. The molecule has 5 nitrogen and oxygen atoms in total. The van der Waals surface area contributed by atoms with Crippen molar-refractivity contribution in [1.29, 1.82) is 0 Å². The van der Waals surface area contributed by atoms with Crippen molar-refractivity contribution < 1.29 is 19.4 Å². The smallest absolute Gasteiger partial charge is 0.334 e. The standard InChI is InChI=1S/C11H21NO4/c1-4-15-10(11(13)14)7-12-5-8(2)16-9(3)6-12/h8-10H,4-7H2,1-3H3,(H,13,14). The van der Waals surface area contributed by atoms with E-state index in [1.165, 1.54) is 0 Å². The fraction of sp³-hybridized carbons (Fsp3) is 0.909. The molecule has 0 amide bonds. The molecule has 0 radical (unpaired) electrons. The molecule has 0 aromatic heterocycles. The number of hydrogen-bond acceptors (Lipinski definition) is 4. The monoisotopic (exact) mass is 231 g/mol. The van der Waals surface area contributed by atoms with Crippen LogP contribution in [0.2, 0.25) is 0 Å². The number of carboxylic acids is 1. The summed E-state index contributed by atoms with van der Waals surface area (Å²) < 4.78 is 10.8. The Bertz CT molecular complexity index is 224. The molecule has 3 atom stereocenters. The van der Waals surface area contributed by atoms with Crippen LogP contribution in [-0.2, 0) is 14.3 Å². The Labute approximate surface area is 96.3 Å². The molecular formula is C11H21NO4. The van der Waals surface area contributed by atoms with Gasteiger partial charge in [-0.3, -0.25) is 4.90 Å². The van der Waals surface area contributed by atoms with Crippen LogP contribution in [0.1, 0.15) is 20.8 Å². The van der Waals surface area contributed by atoms with E-state index in [4.69, 9.17) is 14.6 Å². The Morgan fingerprint density at radius 3 is 2.50 bits per heavy atom. The molecule has 1 aliphatic heterocycles. The quantitative estimate of drug-likeness (QED) is 0.750. The lowest BCUT2D eigenvalue weighted by atomic mass is 10.2. The second-order valence-corrected chi connectivity index (χ2v) is 4.26. The van der Waals surface area contributed by atoms with Gasteiger partial charge < -0.3 is 14.6 Å². The van der Waals surface area contributed by atoms with Crippen molar-refractivity contribution in [2.75, 3.05) is 26.2 Å². The van der Waals surface area contributed by atoms with E-state index >= 15 is 0 Å². The summed E-state index contributed by atoms with van der Waals surface area (Å²) in [6, 6.07) is 0. The van der Waals surface area contributed by atoms with Gasteiger partial charge in [-0.05, 0) is 20.8 Å². The van der Waals surface area contributed by atoms with Crippen LogP contribution in [0.3, 0.4) is 0 Å². The third-order valence-electron chi connectivity index (χ3n) is 2.56. The first-order valence-electron chi connectivity index (χ1n) is 5.75. The van der Waals surface area contributed by atoms with Gasteiger partial charge in [0.1, 0.15) is 0 Å². The van der Waals surface area contributed by atoms with E-state index in [0.29, 0.717) is 13.2 Å². The molecule has 3 unspecified atom stereocenters. The van der Waals surface area contributed by atoms with E-state index in [0.717, 1.165) is 13.1 Å². The van der Waals surface area contributed by atoms with Crippen molar-refractivity contribution in [3.05, 3.63) is 0 Å². The SMILES string of the molecule is CCOC(CN1CC(C)OC(C)C1)C(=O)O. The van der Waals surface area contributed by atoms with Gasteiger partial charge in [0.25, 0.3) is 0 Å². The number of hydrogen-bond donors (Lipinski definition) is 1. The van der Waals surface area contributed by atoms with Gasteiger partial charge in [0.15, 0.2) is 6.10 Å². The van der Waals surface area contributed by atoms with Gasteiger partial charge in [0, 0.05) is 26.2 Å². The molecule has 1 N–H and O–H groups in total. The van der Waals surface area contributed by atoms with Gasteiger partial charge in [0.05, 0.1) is 12.2 Å². The number of carboxylic acid groups (broad SMARTS) is 1. The minimum atomic E-state index is -0.895. The van der Waals surface area contributed by atoms with Crippen LogP contribution < -0.4 is 0 Å². The second kappa shape index (κ2) is 6.18. The molecule has 0 aliphatic carbocycles. The number of ether oxygens (including phenoxy) is 2. The van der Waals surface area contributed by atoms with Gasteiger partial charge in [-0.25, -0.2) is 4.79 Å². The topological polar surface area (TPSA) is 59.0 Å². The molecule has 1 saturated heterocycles. The molecule has 94 valence electrons. The highest BCUT2D eigenvalue weighted by Crippen LogP contribution is 2.11. The van der Waals surface area contributed by atoms with Gasteiger partial charge in [-0.15, -0.1) is 0 Å². The molecule has 16 heavy (non-hydrogen) atoms. The average molecular weight is 231 g/mol. The van der Waals surface area contributed by atoms with E-state index in [1.54, 1.807) is 6.92 Å². The summed E-state index contributed by atoms with van der Waals surface area (Å²) in [6.07, 6.45) is -0.429. The first-order valence-corrected chi connectivity index (χ1v) is 5.75. The summed E-state index contributed by atoms with van der Waals surface area (Å²) in [6.45, 7) is 8.19. The first-order chi connectivity index (χ1) is 7.52. The predicted molar refractivity (Wildman–Crippen MR) is 59.5 cm³/mol. The number of morpholine rings is 1. The number of aliphatic carboxylic acids is 1. The summed E-state index contributed by atoms with van der Waals surface area (Å²) in [4.78, 5) is 13.0. The van der Waals surface area contributed by atoms with Crippen LogP contribution >= 0.6 is 0 Å². The molecule has 1 aliphatic rings. The van der Waals surface area contributed by atoms with Crippen LogP contribution in [0.4, 0.5) is 0 Å². The van der Waals surface area contributed by atoms with E-state index in [2.05, 4.69) is 4.90 Å². The zero-order valence-corrected chi connectivity index (χ0v) is 10.2. The normalized spacial score (nSPS) is 28.9. The third kappa shape index (κ3) is 4.08. The Morgan fingerprint density at radius 2 is 2.06 bits per heavy atom. The second-order valence-electron chi connectivity index (χ2n) is 4.26. The molecule has 0 aromatic carbocycles. The minimum Gasteiger partial charge on any atom is -0.479 e. The highest BCUT2D eigenvalue weighted by molar-refractivity contribution is 5.72. The summed E-state index contributed by atoms with van der Waals surface area (Å²) in [5.41, 5.74) is 0. The fourth-order valence-electron chi connectivity index (χ4n) is 2.07. The zero-order chi connectivity index (χ0) is 12.1. The lowest BCUT2D eigenvalue weighted by Crippen LogP contribution is -2.49. The maximum Gasteiger partial charge on any atom is 0.334 e. The first kappa shape index (κ1) is 13.4. The Kier molecular flexibility index (Phi) is 5.18. The summed E-state index contributed by atoms with van der Waals surface area (Å²) in [7, 11) is 0. The zero-order valence-electron chi connectivity index (χ0n) is 10.2. The van der Waals surface area contributed by atoms with Gasteiger partial charge >= 0.3 is 5.97 Å². The van der Waals surface area contributed by atoms with Crippen LogP contribution in [0, 0.1) is 0 Å². The minimum absolute atomic E-state index is 0.153. The molecular weight excluding hydrogens is 210 g/mol. The van der Waals surface area contributed by atoms with Crippen molar-refractivity contribution >= 4 is 5.97 Å². The number of nitrogens with zero attached hydrogens (tertiary/aromatic N) is 1. The summed E-state index contributed by atoms with van der Waals surface area (Å²) in [5, 5.41) is 8.98. The highest BCUT2D eigenvalue weighted by Gasteiger charge is 2.27. The van der Waals surface area contributed by atoms with Gasteiger partial charge in [-0.1, -0.05) is 0 Å². The van der Waals surface area contributed by atoms with Crippen LogP contribution in [0.15, 0.2) is 0 Å². The van der Waals surface area contributed by atoms with E-state index in [-0.39, 0.29) is 12.2 Å². The largest absolute Gasteiger partial charge is 0.479 e. The maximum atomic E-state index is 10.9. The highest BCUT2D eigenvalue weighted by atomic mass is 16.5. The number of rotatable bonds is 5. The van der Waals surface area contributed by atoms with E-state index in [1.807, 2.05) is 13.8 Å². The van der Waals surface area contributed by atoms with Crippen molar-refractivity contribution in [2.24, 2.45) is 0 Å². The summed E-state index contributed by atoms with van der Waals surface area (Å²) in [5.74, 6) is -0.895. The van der Waals surface area contributed by atoms with E-state index in [9.17, 15) is 4.79 Å². The molecule has 1 rings (SSSR count). The lowest BCUT2D eigenvalue weighted by Gasteiger charge is -2.36. The van der Waals surface area contributed by atoms with Crippen molar-refractivity contribution in [3.63, 3.8) is 0 Å². The van der Waals surface area contributed by atoms with Crippen molar-refractivity contribution in [3.8, 4) is 0 Å². The molecule has 1 fully saturated rings. The van der Waals surface area contributed by atoms with Crippen LogP contribution in [0.5, 0.6) is 0 Å². The maximum absolute atomic E-state index is 10.9. The average Bonchev–Trinajstić information content (AvgIpc) is 2.15. The Hall–Kier alpha value is -0.650. The Morgan fingerprint density at radius 1 is 1.50 bits per heavy atom. The van der Waals surface area contributed by atoms with Gasteiger partial charge in [-0.2, -0.15) is 0 Å². The molecule has 0 bridgehead atoms. The molecule has 0 aromatic rings. The Balaban J connectivity index is 2.47. The van der Waals surface area contributed by atoms with E-state index < -0.39 is 12.1 Å². The van der Waals surface area contributed by atoms with Crippen LogP contribution in [0.25, 0.3) is 0 Å². The van der Waals surface area contributed by atoms with Crippen molar-refractivity contribution in [1.82, 2.24) is 4.90 Å². The molecule has 5 heteroatoms. The third-order valence-corrected chi connectivity index (χ3v) is 2.56. The molecule has 1 heterocycles.